The largest absolute Gasteiger partial charge is 0.469 e. The lowest BCUT2D eigenvalue weighted by molar-refractivity contribution is -0.148. The summed E-state index contributed by atoms with van der Waals surface area (Å²) in [6.07, 6.45) is 0.373. The molecule has 19 heavy (non-hydrogen) atoms. The quantitative estimate of drug-likeness (QED) is 0.792. The molecule has 1 aliphatic heterocycles. The van der Waals surface area contributed by atoms with Crippen LogP contribution in [0.3, 0.4) is 0 Å². The first kappa shape index (κ1) is 12.2. The van der Waals surface area contributed by atoms with Gasteiger partial charge >= 0.3 is 5.97 Å². The summed E-state index contributed by atoms with van der Waals surface area (Å²) in [5, 5.41) is 2.38. The topological polar surface area (TPSA) is 35.5 Å². The van der Waals surface area contributed by atoms with E-state index in [1.165, 1.54) is 23.4 Å². The number of methoxy groups -OCH3 is 1. The number of hydrogen-bond donors (Lipinski definition) is 0. The molecule has 3 heteroatoms. The number of benzene rings is 2. The fraction of sp³-hybridized carbons (Fsp3) is 0.312. The van der Waals surface area contributed by atoms with E-state index in [0.29, 0.717) is 19.6 Å². The van der Waals surface area contributed by atoms with Crippen molar-refractivity contribution in [3.05, 3.63) is 48.0 Å². The molecule has 0 amide bonds. The van der Waals surface area contributed by atoms with E-state index in [1.807, 2.05) is 18.2 Å². The van der Waals surface area contributed by atoms with Crippen LogP contribution in [0.2, 0.25) is 0 Å². The van der Waals surface area contributed by atoms with Crippen LogP contribution in [0.4, 0.5) is 0 Å². The Balaban J connectivity index is 2.09. The molecule has 1 heterocycles. The van der Waals surface area contributed by atoms with Gasteiger partial charge in [-0.1, -0.05) is 42.5 Å². The highest BCUT2D eigenvalue weighted by molar-refractivity contribution is 5.87. The van der Waals surface area contributed by atoms with Crippen LogP contribution in [0, 0.1) is 0 Å². The second-order valence-electron chi connectivity index (χ2n) is 5.05. The van der Waals surface area contributed by atoms with E-state index in [0.717, 1.165) is 0 Å². The molecule has 0 aromatic heterocycles. The van der Waals surface area contributed by atoms with Crippen molar-refractivity contribution in [2.75, 3.05) is 20.3 Å². The van der Waals surface area contributed by atoms with E-state index < -0.39 is 0 Å². The first-order valence-corrected chi connectivity index (χ1v) is 6.38. The van der Waals surface area contributed by atoms with Crippen LogP contribution in [-0.2, 0) is 19.7 Å². The predicted octanol–water partition coefficient (Wildman–Crippen LogP) is 2.67. The molecule has 0 spiro atoms. The normalized spacial score (nSPS) is 16.9. The molecule has 0 radical (unpaired) electrons. The average Bonchev–Trinajstić information content (AvgIpc) is 2.42. The second kappa shape index (κ2) is 4.67. The predicted molar refractivity (Wildman–Crippen MR) is 73.1 cm³/mol. The minimum absolute atomic E-state index is 0.184. The third kappa shape index (κ3) is 2.00. The van der Waals surface area contributed by atoms with Gasteiger partial charge < -0.3 is 9.47 Å². The lowest BCUT2D eigenvalue weighted by Crippen LogP contribution is -2.48. The number of rotatable bonds is 3. The number of ether oxygens (including phenoxy) is 2. The summed E-state index contributed by atoms with van der Waals surface area (Å²) in [7, 11) is 1.43. The van der Waals surface area contributed by atoms with Gasteiger partial charge in [0.25, 0.3) is 0 Å². The van der Waals surface area contributed by atoms with Crippen LogP contribution in [0.15, 0.2) is 42.5 Å². The average molecular weight is 256 g/mol. The molecule has 0 bridgehead atoms. The lowest BCUT2D eigenvalue weighted by atomic mass is 9.74. The molecule has 0 atom stereocenters. The number of carbonyl (C=O) groups is 1. The Kier molecular flexibility index (Phi) is 2.99. The van der Waals surface area contributed by atoms with Crippen molar-refractivity contribution < 1.29 is 14.3 Å². The Bertz CT molecular complexity index is 609. The molecule has 1 fully saturated rings. The number of fused-ring (bicyclic) bond motifs is 1. The molecule has 3 nitrogen and oxygen atoms in total. The first-order chi connectivity index (χ1) is 9.25. The van der Waals surface area contributed by atoms with Crippen molar-refractivity contribution in [3.63, 3.8) is 0 Å². The van der Waals surface area contributed by atoms with Gasteiger partial charge in [0.05, 0.1) is 32.2 Å². The number of carbonyl (C=O) groups excluding carboxylic acids is 1. The van der Waals surface area contributed by atoms with Gasteiger partial charge in [0, 0.05) is 0 Å². The maximum Gasteiger partial charge on any atom is 0.306 e. The lowest BCUT2D eigenvalue weighted by Gasteiger charge is -2.41. The zero-order valence-corrected chi connectivity index (χ0v) is 10.9. The van der Waals surface area contributed by atoms with Gasteiger partial charge in [-0.15, -0.1) is 0 Å². The summed E-state index contributed by atoms with van der Waals surface area (Å²) < 4.78 is 10.2. The standard InChI is InChI=1S/C16H16O3/c1-18-15(17)9-16(10-19-11-16)14-8-4-6-12-5-2-3-7-13(12)14/h2-8H,9-11H2,1H3. The summed E-state index contributed by atoms with van der Waals surface area (Å²) in [5.41, 5.74) is 0.954. The Labute approximate surface area is 112 Å². The van der Waals surface area contributed by atoms with Crippen LogP contribution in [0.5, 0.6) is 0 Å². The third-order valence-electron chi connectivity index (χ3n) is 3.83. The van der Waals surface area contributed by atoms with E-state index in [2.05, 4.69) is 24.3 Å². The fourth-order valence-corrected chi connectivity index (χ4v) is 2.74. The minimum atomic E-state index is -0.228. The summed E-state index contributed by atoms with van der Waals surface area (Å²) >= 11 is 0. The van der Waals surface area contributed by atoms with Gasteiger partial charge in [0.2, 0.25) is 0 Å². The Morgan fingerprint density at radius 3 is 2.63 bits per heavy atom. The zero-order chi connectivity index (χ0) is 13.3. The Morgan fingerprint density at radius 2 is 1.95 bits per heavy atom. The summed E-state index contributed by atoms with van der Waals surface area (Å²) in [4.78, 5) is 11.7. The van der Waals surface area contributed by atoms with Gasteiger partial charge in [-0.25, -0.2) is 0 Å². The maximum atomic E-state index is 11.7. The van der Waals surface area contributed by atoms with E-state index in [9.17, 15) is 4.79 Å². The van der Waals surface area contributed by atoms with E-state index >= 15 is 0 Å². The van der Waals surface area contributed by atoms with E-state index in [1.54, 1.807) is 0 Å². The molecular weight excluding hydrogens is 240 g/mol. The summed E-state index contributed by atoms with van der Waals surface area (Å²) in [6, 6.07) is 14.5. The summed E-state index contributed by atoms with van der Waals surface area (Å²) in [5.74, 6) is -0.184. The molecule has 0 saturated carbocycles. The van der Waals surface area contributed by atoms with E-state index in [-0.39, 0.29) is 11.4 Å². The SMILES string of the molecule is COC(=O)CC1(c2cccc3ccccc23)COC1. The van der Waals surface area contributed by atoms with Gasteiger partial charge in [-0.2, -0.15) is 0 Å². The van der Waals surface area contributed by atoms with Gasteiger partial charge in [0.15, 0.2) is 0 Å². The van der Waals surface area contributed by atoms with Crippen molar-refractivity contribution in [1.82, 2.24) is 0 Å². The van der Waals surface area contributed by atoms with Crippen molar-refractivity contribution in [2.45, 2.75) is 11.8 Å². The smallest absolute Gasteiger partial charge is 0.306 e. The molecule has 1 saturated heterocycles. The maximum absolute atomic E-state index is 11.7. The molecule has 2 aromatic rings. The molecule has 0 unspecified atom stereocenters. The van der Waals surface area contributed by atoms with Gasteiger partial charge in [0.1, 0.15) is 0 Å². The zero-order valence-electron chi connectivity index (χ0n) is 10.9. The molecule has 98 valence electrons. The first-order valence-electron chi connectivity index (χ1n) is 6.38. The highest BCUT2D eigenvalue weighted by Gasteiger charge is 2.43. The van der Waals surface area contributed by atoms with Crippen LogP contribution in [0.25, 0.3) is 10.8 Å². The fourth-order valence-electron chi connectivity index (χ4n) is 2.74. The molecule has 1 aliphatic rings. The van der Waals surface area contributed by atoms with Crippen LogP contribution in [0.1, 0.15) is 12.0 Å². The highest BCUT2D eigenvalue weighted by Crippen LogP contribution is 2.39. The molecule has 0 N–H and O–H groups in total. The van der Waals surface area contributed by atoms with Gasteiger partial charge in [-0.05, 0) is 16.3 Å². The van der Waals surface area contributed by atoms with Crippen molar-refractivity contribution in [3.8, 4) is 0 Å². The number of esters is 1. The Morgan fingerprint density at radius 1 is 1.21 bits per heavy atom. The Hall–Kier alpha value is -1.87. The third-order valence-corrected chi connectivity index (χ3v) is 3.83. The number of hydrogen-bond acceptors (Lipinski definition) is 3. The second-order valence-corrected chi connectivity index (χ2v) is 5.05. The summed E-state index contributed by atoms with van der Waals surface area (Å²) in [6.45, 7) is 1.16. The molecule has 3 rings (SSSR count). The monoisotopic (exact) mass is 256 g/mol. The van der Waals surface area contributed by atoms with Crippen LogP contribution < -0.4 is 0 Å². The van der Waals surface area contributed by atoms with E-state index in [4.69, 9.17) is 9.47 Å². The van der Waals surface area contributed by atoms with Crippen molar-refractivity contribution in [2.24, 2.45) is 0 Å². The molecular formula is C16H16O3. The van der Waals surface area contributed by atoms with Crippen LogP contribution in [-0.4, -0.2) is 26.3 Å². The van der Waals surface area contributed by atoms with Crippen LogP contribution >= 0.6 is 0 Å². The van der Waals surface area contributed by atoms with Crippen molar-refractivity contribution in [1.29, 1.82) is 0 Å². The molecule has 0 aliphatic carbocycles. The van der Waals surface area contributed by atoms with Crippen molar-refractivity contribution >= 4 is 16.7 Å². The van der Waals surface area contributed by atoms with Gasteiger partial charge in [-0.3, -0.25) is 4.79 Å². The highest BCUT2D eigenvalue weighted by atomic mass is 16.5. The minimum Gasteiger partial charge on any atom is -0.469 e. The molecule has 2 aromatic carbocycles.